The Balaban J connectivity index is 2.97. The van der Waals surface area contributed by atoms with Gasteiger partial charge in [-0.1, -0.05) is 55.8 Å². The minimum atomic E-state index is -0.269. The molecule has 1 aromatic rings. The van der Waals surface area contributed by atoms with Gasteiger partial charge in [-0.05, 0) is 29.5 Å². The smallest absolute Gasteiger partial charge is 0.234 e. The molecule has 1 rings (SSSR count). The van der Waals surface area contributed by atoms with Gasteiger partial charge in [0.15, 0.2) is 0 Å². The molecule has 1 amide bonds. The van der Waals surface area contributed by atoms with Gasteiger partial charge in [-0.25, -0.2) is 4.39 Å². The minimum absolute atomic E-state index is 0.0354. The Bertz CT molecular complexity index is 425. The van der Waals surface area contributed by atoms with Crippen molar-refractivity contribution in [1.29, 1.82) is 0 Å². The van der Waals surface area contributed by atoms with E-state index in [-0.39, 0.29) is 28.0 Å². The van der Waals surface area contributed by atoms with Crippen LogP contribution in [0.2, 0.25) is 0 Å². The van der Waals surface area contributed by atoms with Gasteiger partial charge >= 0.3 is 0 Å². The third-order valence-corrected chi connectivity index (χ3v) is 4.06. The molecule has 2 unspecified atom stereocenters. The van der Waals surface area contributed by atoms with E-state index < -0.39 is 0 Å². The lowest BCUT2D eigenvalue weighted by atomic mass is 9.82. The largest absolute Gasteiger partial charge is 0.348 e. The monoisotopic (exact) mass is 329 g/mol. The third-order valence-electron chi connectivity index (χ3n) is 3.00. The van der Waals surface area contributed by atoms with Crippen LogP contribution in [0.5, 0.6) is 0 Å². The Morgan fingerprint density at radius 2 is 1.84 bits per heavy atom. The number of hydrogen-bond donors (Lipinski definition) is 1. The number of carbonyl (C=O) groups is 1. The van der Waals surface area contributed by atoms with E-state index in [9.17, 15) is 9.18 Å². The molecule has 2 nitrogen and oxygen atoms in total. The Morgan fingerprint density at radius 1 is 1.32 bits per heavy atom. The average Bonchev–Trinajstić information content (AvgIpc) is 2.34. The normalized spacial score (nSPS) is 14.8. The minimum Gasteiger partial charge on any atom is -0.348 e. The van der Waals surface area contributed by atoms with Crippen molar-refractivity contribution in [3.05, 3.63) is 35.6 Å². The average molecular weight is 330 g/mol. The van der Waals surface area contributed by atoms with Gasteiger partial charge in [-0.15, -0.1) is 0 Å². The van der Waals surface area contributed by atoms with Crippen molar-refractivity contribution < 1.29 is 9.18 Å². The van der Waals surface area contributed by atoms with Crippen LogP contribution >= 0.6 is 15.9 Å². The molecular formula is C15H21BrFNO. The molecule has 0 aliphatic rings. The molecule has 0 saturated heterocycles. The van der Waals surface area contributed by atoms with E-state index in [4.69, 9.17) is 0 Å². The summed E-state index contributed by atoms with van der Waals surface area (Å²) < 4.78 is 13.0. The van der Waals surface area contributed by atoms with E-state index in [1.807, 2.05) is 6.92 Å². The number of benzene rings is 1. The lowest BCUT2D eigenvalue weighted by Gasteiger charge is -2.32. The standard InChI is InChI=1S/C15H21BrFNO/c1-5-12(16)14(19)18-13(15(2,3)4)10-6-8-11(17)9-7-10/h6-9,12-13H,5H2,1-4H3,(H,18,19). The van der Waals surface area contributed by atoms with E-state index in [0.29, 0.717) is 0 Å². The van der Waals surface area contributed by atoms with Crippen molar-refractivity contribution in [2.45, 2.75) is 45.0 Å². The van der Waals surface area contributed by atoms with Crippen molar-refractivity contribution >= 4 is 21.8 Å². The highest BCUT2D eigenvalue weighted by Crippen LogP contribution is 2.33. The van der Waals surface area contributed by atoms with E-state index in [0.717, 1.165) is 12.0 Å². The molecule has 0 radical (unpaired) electrons. The fourth-order valence-electron chi connectivity index (χ4n) is 1.87. The first-order chi connectivity index (χ1) is 8.75. The first-order valence-electron chi connectivity index (χ1n) is 6.45. The van der Waals surface area contributed by atoms with Crippen LogP contribution in [0.25, 0.3) is 0 Å². The molecule has 0 aromatic heterocycles. The van der Waals surface area contributed by atoms with Gasteiger partial charge in [-0.3, -0.25) is 4.79 Å². The molecule has 0 bridgehead atoms. The maximum absolute atomic E-state index is 13.0. The van der Waals surface area contributed by atoms with Gasteiger partial charge in [0, 0.05) is 0 Å². The molecule has 0 saturated carbocycles. The first-order valence-corrected chi connectivity index (χ1v) is 7.37. The van der Waals surface area contributed by atoms with Crippen molar-refractivity contribution in [1.82, 2.24) is 5.32 Å². The number of carbonyl (C=O) groups excluding carboxylic acids is 1. The Morgan fingerprint density at radius 3 is 2.26 bits per heavy atom. The maximum atomic E-state index is 13.0. The fourth-order valence-corrected chi connectivity index (χ4v) is 2.01. The number of hydrogen-bond acceptors (Lipinski definition) is 1. The van der Waals surface area contributed by atoms with E-state index >= 15 is 0 Å². The highest BCUT2D eigenvalue weighted by atomic mass is 79.9. The van der Waals surface area contributed by atoms with Crippen LogP contribution < -0.4 is 5.32 Å². The zero-order valence-electron chi connectivity index (χ0n) is 11.8. The van der Waals surface area contributed by atoms with Gasteiger partial charge in [-0.2, -0.15) is 0 Å². The van der Waals surface area contributed by atoms with Crippen LogP contribution in [0.1, 0.15) is 45.7 Å². The summed E-state index contributed by atoms with van der Waals surface area (Å²) in [5.74, 6) is -0.304. The van der Waals surface area contributed by atoms with Crippen molar-refractivity contribution in [3.63, 3.8) is 0 Å². The van der Waals surface area contributed by atoms with E-state index in [1.165, 1.54) is 12.1 Å². The summed E-state index contributed by atoms with van der Waals surface area (Å²) in [4.78, 5) is 11.8. The number of halogens is 2. The van der Waals surface area contributed by atoms with Gasteiger partial charge in [0.05, 0.1) is 10.9 Å². The lowest BCUT2D eigenvalue weighted by molar-refractivity contribution is -0.122. The van der Waals surface area contributed by atoms with E-state index in [1.54, 1.807) is 12.1 Å². The second-order valence-corrected chi connectivity index (χ2v) is 6.84. The van der Waals surface area contributed by atoms with Crippen molar-refractivity contribution in [3.8, 4) is 0 Å². The van der Waals surface area contributed by atoms with Crippen LogP contribution in [0.15, 0.2) is 24.3 Å². The van der Waals surface area contributed by atoms with Crippen LogP contribution in [0.3, 0.4) is 0 Å². The van der Waals surface area contributed by atoms with Gasteiger partial charge in [0.1, 0.15) is 5.82 Å². The molecule has 0 aliphatic heterocycles. The third kappa shape index (κ3) is 4.60. The van der Waals surface area contributed by atoms with Gasteiger partial charge in [0.25, 0.3) is 0 Å². The molecule has 19 heavy (non-hydrogen) atoms. The summed E-state index contributed by atoms with van der Waals surface area (Å²) in [6.07, 6.45) is 0.728. The zero-order chi connectivity index (χ0) is 14.6. The number of nitrogens with one attached hydrogen (secondary N) is 1. The highest BCUT2D eigenvalue weighted by molar-refractivity contribution is 9.10. The van der Waals surface area contributed by atoms with Crippen LogP contribution in [0, 0.1) is 11.2 Å². The summed E-state index contributed by atoms with van der Waals surface area (Å²) in [6.45, 7) is 8.10. The molecule has 0 spiro atoms. The summed E-state index contributed by atoms with van der Waals surface area (Å²) in [7, 11) is 0. The quantitative estimate of drug-likeness (QED) is 0.824. The number of rotatable bonds is 4. The number of amides is 1. The summed E-state index contributed by atoms with van der Waals surface area (Å²) >= 11 is 3.35. The van der Waals surface area contributed by atoms with Crippen molar-refractivity contribution in [2.24, 2.45) is 5.41 Å². The summed E-state index contributed by atoms with van der Waals surface area (Å²) in [5, 5.41) is 3.04. The first kappa shape index (κ1) is 16.2. The summed E-state index contributed by atoms with van der Waals surface area (Å²) in [5.41, 5.74) is 0.770. The predicted octanol–water partition coefficient (Wildman–Crippen LogP) is 4.20. The molecule has 0 aliphatic carbocycles. The fraction of sp³-hybridized carbons (Fsp3) is 0.533. The predicted molar refractivity (Wildman–Crippen MR) is 79.7 cm³/mol. The Kier molecular flexibility index (Phi) is 5.53. The van der Waals surface area contributed by atoms with Gasteiger partial charge in [0.2, 0.25) is 5.91 Å². The molecule has 1 N–H and O–H groups in total. The molecular weight excluding hydrogens is 309 g/mol. The van der Waals surface area contributed by atoms with E-state index in [2.05, 4.69) is 42.0 Å². The molecule has 2 atom stereocenters. The lowest BCUT2D eigenvalue weighted by Crippen LogP contribution is -2.40. The Labute approximate surface area is 122 Å². The zero-order valence-corrected chi connectivity index (χ0v) is 13.4. The summed E-state index contributed by atoms with van der Waals surface area (Å²) in [6, 6.07) is 6.14. The van der Waals surface area contributed by atoms with Gasteiger partial charge < -0.3 is 5.32 Å². The van der Waals surface area contributed by atoms with Crippen molar-refractivity contribution in [2.75, 3.05) is 0 Å². The maximum Gasteiger partial charge on any atom is 0.234 e. The Hall–Kier alpha value is -0.900. The molecule has 4 heteroatoms. The van der Waals surface area contributed by atoms with Crippen LogP contribution in [0.4, 0.5) is 4.39 Å². The second kappa shape index (κ2) is 6.51. The SMILES string of the molecule is CCC(Br)C(=O)NC(c1ccc(F)cc1)C(C)(C)C. The number of alkyl halides is 1. The molecule has 0 fully saturated rings. The molecule has 106 valence electrons. The molecule has 0 heterocycles. The molecule has 1 aromatic carbocycles. The topological polar surface area (TPSA) is 29.1 Å². The highest BCUT2D eigenvalue weighted by Gasteiger charge is 2.29. The van der Waals surface area contributed by atoms with Crippen LogP contribution in [-0.2, 0) is 4.79 Å². The second-order valence-electron chi connectivity index (χ2n) is 5.73. The van der Waals surface area contributed by atoms with Crippen LogP contribution in [-0.4, -0.2) is 10.7 Å².